The van der Waals surface area contributed by atoms with Crippen LogP contribution in [0.4, 0.5) is 11.5 Å². The van der Waals surface area contributed by atoms with Crippen LogP contribution in [-0.4, -0.2) is 99.5 Å². The fourth-order valence-corrected chi connectivity index (χ4v) is 8.52. The Bertz CT molecular complexity index is 1760. The first kappa shape index (κ1) is 32.0. The summed E-state index contributed by atoms with van der Waals surface area (Å²) in [5.41, 5.74) is 5.58. The number of hydrogen-bond acceptors (Lipinski definition) is 10. The smallest absolute Gasteiger partial charge is 0.318 e. The van der Waals surface area contributed by atoms with Crippen LogP contribution in [0.1, 0.15) is 74.4 Å². The molecule has 0 bridgehead atoms. The van der Waals surface area contributed by atoms with Gasteiger partial charge in [0.15, 0.2) is 6.23 Å². The van der Waals surface area contributed by atoms with Gasteiger partial charge in [0, 0.05) is 55.8 Å². The summed E-state index contributed by atoms with van der Waals surface area (Å²) in [6, 6.07) is 7.93. The van der Waals surface area contributed by atoms with Crippen LogP contribution in [0.15, 0.2) is 31.0 Å². The molecule has 3 aromatic rings. The Kier molecular flexibility index (Phi) is 8.89. The van der Waals surface area contributed by atoms with Gasteiger partial charge >= 0.3 is 6.01 Å². The molecule has 0 radical (unpaired) electrons. The van der Waals surface area contributed by atoms with Crippen LogP contribution in [0, 0.1) is 18.3 Å². The number of rotatable bonds is 9. The number of carbonyl (C=O) groups excluding carboxylic acids is 1. The first-order valence-electron chi connectivity index (χ1n) is 18.2. The molecule has 4 aliphatic heterocycles. The van der Waals surface area contributed by atoms with Gasteiger partial charge in [0.1, 0.15) is 12.4 Å². The summed E-state index contributed by atoms with van der Waals surface area (Å²) in [7, 11) is 0. The molecule has 1 amide bonds. The Labute approximate surface area is 288 Å². The summed E-state index contributed by atoms with van der Waals surface area (Å²) in [5, 5.41) is 15.6. The zero-order valence-electron chi connectivity index (χ0n) is 28.6. The van der Waals surface area contributed by atoms with Gasteiger partial charge in [-0.05, 0) is 82.5 Å². The molecule has 6 heterocycles. The van der Waals surface area contributed by atoms with Crippen molar-refractivity contribution in [3.05, 3.63) is 47.8 Å². The Hall–Kier alpha value is -4.21. The molecule has 8 rings (SSSR count). The predicted octanol–water partition coefficient (Wildman–Crippen LogP) is 4.52. The minimum absolute atomic E-state index is 0.0262. The molecule has 3 atom stereocenters. The van der Waals surface area contributed by atoms with Gasteiger partial charge in [-0.3, -0.25) is 9.69 Å². The number of piperazine rings is 1. The SMILES string of the molecule is C=CC(=O)N1CCN(c2nc(OC[C@@H]3CCCN3C3CC3)nc3c2CCN(c2c(C)ccc4c2cnn4C2CCCCO2)C3)C[C@@H]1CC#N. The van der Waals surface area contributed by atoms with Crippen LogP contribution >= 0.6 is 0 Å². The maximum atomic E-state index is 12.7. The lowest BCUT2D eigenvalue weighted by Gasteiger charge is -2.42. The average molecular weight is 666 g/mol. The molecule has 12 heteroatoms. The standard InChI is InChI=1S/C37H47N9O3/c1-3-33(47)45-19-18-43(22-27(45)13-15-38)36-29-14-17-42(23-31(29)40-37(41-36)49-24-28-7-6-16-44(28)26-10-11-26)35-25(2)9-12-32-30(35)21-39-46(32)34-8-4-5-20-48-34/h3,9,12,21,26-28,34H,1,4-8,10-11,13-14,16-20,22-24H2,2H3/t27-,28-,34?/m0/s1. The van der Waals surface area contributed by atoms with Gasteiger partial charge in [-0.25, -0.2) is 4.68 Å². The van der Waals surface area contributed by atoms with Gasteiger partial charge in [-0.1, -0.05) is 12.6 Å². The molecular weight excluding hydrogens is 618 g/mol. The summed E-state index contributed by atoms with van der Waals surface area (Å²) in [4.78, 5) is 31.9. The number of aryl methyl sites for hydroxylation is 1. The van der Waals surface area contributed by atoms with Gasteiger partial charge < -0.3 is 24.2 Å². The van der Waals surface area contributed by atoms with E-state index in [1.807, 2.05) is 6.20 Å². The highest BCUT2D eigenvalue weighted by Gasteiger charge is 2.38. The van der Waals surface area contributed by atoms with Crippen molar-refractivity contribution in [1.29, 1.82) is 5.26 Å². The molecule has 2 aromatic heterocycles. The monoisotopic (exact) mass is 665 g/mol. The summed E-state index contributed by atoms with van der Waals surface area (Å²) in [6.45, 7) is 11.4. The minimum atomic E-state index is -0.241. The van der Waals surface area contributed by atoms with Gasteiger partial charge in [-0.2, -0.15) is 20.3 Å². The molecule has 1 saturated carbocycles. The minimum Gasteiger partial charge on any atom is -0.462 e. The van der Waals surface area contributed by atoms with E-state index in [4.69, 9.17) is 24.5 Å². The van der Waals surface area contributed by atoms with E-state index in [-0.39, 0.29) is 24.6 Å². The van der Waals surface area contributed by atoms with Crippen molar-refractivity contribution in [3.63, 3.8) is 0 Å². The molecule has 3 saturated heterocycles. The van der Waals surface area contributed by atoms with E-state index in [1.54, 1.807) is 4.90 Å². The van der Waals surface area contributed by atoms with Crippen molar-refractivity contribution in [1.82, 2.24) is 29.5 Å². The molecule has 258 valence electrons. The number of hydrogen-bond donors (Lipinski definition) is 0. The number of likely N-dealkylation sites (tertiary alicyclic amines) is 1. The van der Waals surface area contributed by atoms with Crippen molar-refractivity contribution in [3.8, 4) is 12.1 Å². The van der Waals surface area contributed by atoms with E-state index in [0.717, 1.165) is 79.8 Å². The third-order valence-electron chi connectivity index (χ3n) is 11.1. The number of nitriles is 1. The van der Waals surface area contributed by atoms with E-state index < -0.39 is 0 Å². The number of benzene rings is 1. The van der Waals surface area contributed by atoms with E-state index in [1.165, 1.54) is 36.6 Å². The molecule has 0 N–H and O–H groups in total. The Morgan fingerprint density at radius 1 is 1.08 bits per heavy atom. The zero-order chi connectivity index (χ0) is 33.5. The van der Waals surface area contributed by atoms with Crippen molar-refractivity contribution in [2.24, 2.45) is 0 Å². The van der Waals surface area contributed by atoms with Crippen molar-refractivity contribution in [2.45, 2.75) is 95.6 Å². The first-order chi connectivity index (χ1) is 24.0. The van der Waals surface area contributed by atoms with E-state index in [0.29, 0.717) is 50.9 Å². The summed E-state index contributed by atoms with van der Waals surface area (Å²) < 4.78 is 14.7. The number of carbonyl (C=O) groups is 1. The van der Waals surface area contributed by atoms with E-state index in [9.17, 15) is 10.1 Å². The van der Waals surface area contributed by atoms with Crippen LogP contribution in [0.3, 0.4) is 0 Å². The third kappa shape index (κ3) is 6.23. The lowest BCUT2D eigenvalue weighted by atomic mass is 10.0. The number of fused-ring (bicyclic) bond motifs is 2. The second kappa shape index (κ2) is 13.6. The summed E-state index contributed by atoms with van der Waals surface area (Å²) in [5.74, 6) is 0.736. The first-order valence-corrected chi connectivity index (χ1v) is 18.2. The van der Waals surface area contributed by atoms with Crippen molar-refractivity contribution in [2.75, 3.05) is 55.7 Å². The van der Waals surface area contributed by atoms with Gasteiger partial charge in [0.05, 0.1) is 48.2 Å². The summed E-state index contributed by atoms with van der Waals surface area (Å²) in [6.07, 6.45) is 12.5. The predicted molar refractivity (Wildman–Crippen MR) is 186 cm³/mol. The Morgan fingerprint density at radius 3 is 2.78 bits per heavy atom. The molecule has 5 aliphatic rings. The number of anilines is 2. The Morgan fingerprint density at radius 2 is 1.98 bits per heavy atom. The van der Waals surface area contributed by atoms with Crippen LogP contribution in [0.5, 0.6) is 6.01 Å². The highest BCUT2D eigenvalue weighted by Crippen LogP contribution is 2.38. The maximum Gasteiger partial charge on any atom is 0.318 e. The molecule has 49 heavy (non-hydrogen) atoms. The molecule has 1 unspecified atom stereocenters. The normalized spacial score (nSPS) is 24.6. The number of aromatic nitrogens is 4. The van der Waals surface area contributed by atoms with Crippen LogP contribution in [0.2, 0.25) is 0 Å². The van der Waals surface area contributed by atoms with Gasteiger partial charge in [-0.15, -0.1) is 0 Å². The quantitative estimate of drug-likeness (QED) is 0.302. The zero-order valence-corrected chi connectivity index (χ0v) is 28.6. The van der Waals surface area contributed by atoms with Crippen LogP contribution in [0.25, 0.3) is 10.9 Å². The van der Waals surface area contributed by atoms with E-state index in [2.05, 4.69) is 51.1 Å². The fourth-order valence-electron chi connectivity index (χ4n) is 8.52. The lowest BCUT2D eigenvalue weighted by molar-refractivity contribution is -0.128. The molecule has 4 fully saturated rings. The van der Waals surface area contributed by atoms with E-state index >= 15 is 0 Å². The molecular formula is C37H47N9O3. The fraction of sp³-hybridized carbons (Fsp3) is 0.595. The average Bonchev–Trinajstić information content (AvgIpc) is 3.71. The second-order valence-corrected chi connectivity index (χ2v) is 14.3. The van der Waals surface area contributed by atoms with Gasteiger partial charge in [0.25, 0.3) is 0 Å². The molecule has 1 aliphatic carbocycles. The topological polar surface area (TPSA) is 116 Å². The second-order valence-electron chi connectivity index (χ2n) is 14.3. The molecule has 0 spiro atoms. The van der Waals surface area contributed by atoms with Crippen molar-refractivity contribution >= 4 is 28.3 Å². The third-order valence-corrected chi connectivity index (χ3v) is 11.1. The summed E-state index contributed by atoms with van der Waals surface area (Å²) >= 11 is 0. The lowest BCUT2D eigenvalue weighted by Crippen LogP contribution is -2.55. The molecule has 12 nitrogen and oxygen atoms in total. The van der Waals surface area contributed by atoms with Crippen LogP contribution in [-0.2, 0) is 22.5 Å². The number of ether oxygens (including phenoxy) is 2. The Balaban J connectivity index is 1.11. The molecule has 1 aromatic carbocycles. The van der Waals surface area contributed by atoms with Crippen molar-refractivity contribution < 1.29 is 14.3 Å². The highest BCUT2D eigenvalue weighted by molar-refractivity contribution is 5.94. The number of amides is 1. The largest absolute Gasteiger partial charge is 0.462 e. The maximum absolute atomic E-state index is 12.7. The van der Waals surface area contributed by atoms with Crippen LogP contribution < -0.4 is 14.5 Å². The number of nitrogens with zero attached hydrogens (tertiary/aromatic N) is 9. The van der Waals surface area contributed by atoms with Gasteiger partial charge in [0.2, 0.25) is 5.91 Å². The highest BCUT2D eigenvalue weighted by atomic mass is 16.5.